The first-order chi connectivity index (χ1) is 10.5. The van der Waals surface area contributed by atoms with Crippen LogP contribution in [-0.2, 0) is 25.3 Å². The summed E-state index contributed by atoms with van der Waals surface area (Å²) in [6.45, 7) is 0. The molecule has 0 radical (unpaired) electrons. The molecule has 0 fully saturated rings. The summed E-state index contributed by atoms with van der Waals surface area (Å²) in [6, 6.07) is 0. The molecule has 0 bridgehead atoms. The largest absolute Gasteiger partial charge is 0.331 e. The molecule has 116 valence electrons. The smallest absolute Gasteiger partial charge is 0.305 e. The summed E-state index contributed by atoms with van der Waals surface area (Å²) in [4.78, 5) is 23.0. The lowest BCUT2D eigenvalue weighted by Gasteiger charge is -2.20. The fourth-order valence-corrected chi connectivity index (χ4v) is 2.85. The average Bonchev–Trinajstić information content (AvgIpc) is 3.01. The molecule has 1 amide bonds. The van der Waals surface area contributed by atoms with E-state index in [0.29, 0.717) is 6.42 Å². The van der Waals surface area contributed by atoms with Crippen LogP contribution < -0.4 is 5.32 Å². The summed E-state index contributed by atoms with van der Waals surface area (Å²) in [7, 11) is 3.37. The Hall–Kier alpha value is -2.71. The van der Waals surface area contributed by atoms with Gasteiger partial charge in [0.1, 0.15) is 6.20 Å². The maximum atomic E-state index is 12.6. The van der Waals surface area contributed by atoms with Gasteiger partial charge in [0.2, 0.25) is 11.7 Å². The van der Waals surface area contributed by atoms with Crippen LogP contribution in [0.2, 0.25) is 0 Å². The average molecular weight is 304 g/mol. The van der Waals surface area contributed by atoms with E-state index in [1.807, 2.05) is 13.2 Å². The Labute approximate surface area is 126 Å². The van der Waals surface area contributed by atoms with Crippen LogP contribution in [0.4, 0.5) is 11.5 Å². The molecule has 3 rings (SSSR count). The van der Waals surface area contributed by atoms with Gasteiger partial charge in [-0.2, -0.15) is 10.2 Å². The molecule has 2 heterocycles. The van der Waals surface area contributed by atoms with Crippen LogP contribution in [0.5, 0.6) is 0 Å². The van der Waals surface area contributed by atoms with Crippen LogP contribution in [0, 0.1) is 10.1 Å². The standard InChI is InChI=1S/C13H16N6O3/c1-17-7-9-8(4-3-5-10(9)16-17)13(20)15-12-11(19(21)22)6-14-18(12)2/h6-8H,3-5H2,1-2H3,(H,15,20). The van der Waals surface area contributed by atoms with Gasteiger partial charge in [-0.05, 0) is 19.3 Å². The quantitative estimate of drug-likeness (QED) is 0.675. The molecule has 0 spiro atoms. The summed E-state index contributed by atoms with van der Waals surface area (Å²) in [6.07, 6.45) is 5.40. The van der Waals surface area contributed by atoms with Gasteiger partial charge < -0.3 is 5.32 Å². The van der Waals surface area contributed by atoms with Gasteiger partial charge in [0.05, 0.1) is 16.5 Å². The van der Waals surface area contributed by atoms with Gasteiger partial charge in [0.15, 0.2) is 0 Å². The van der Waals surface area contributed by atoms with Gasteiger partial charge in [-0.1, -0.05) is 0 Å². The number of aryl methyl sites for hydroxylation is 3. The van der Waals surface area contributed by atoms with Crippen molar-refractivity contribution in [2.24, 2.45) is 14.1 Å². The fourth-order valence-electron chi connectivity index (χ4n) is 2.85. The molecule has 9 heteroatoms. The van der Waals surface area contributed by atoms with E-state index in [0.717, 1.165) is 30.3 Å². The molecule has 1 aliphatic carbocycles. The molecule has 2 aromatic heterocycles. The molecule has 2 aromatic rings. The highest BCUT2D eigenvalue weighted by Gasteiger charge is 2.31. The Morgan fingerprint density at radius 1 is 1.50 bits per heavy atom. The highest BCUT2D eigenvalue weighted by Crippen LogP contribution is 2.32. The van der Waals surface area contributed by atoms with Crippen LogP contribution in [0.1, 0.15) is 30.0 Å². The summed E-state index contributed by atoms with van der Waals surface area (Å²) in [5.74, 6) is -0.501. The van der Waals surface area contributed by atoms with Gasteiger partial charge in [-0.3, -0.25) is 19.6 Å². The highest BCUT2D eigenvalue weighted by molar-refractivity contribution is 5.97. The lowest BCUT2D eigenvalue weighted by molar-refractivity contribution is -0.384. The van der Waals surface area contributed by atoms with Crippen molar-refractivity contribution in [2.75, 3.05) is 5.32 Å². The van der Waals surface area contributed by atoms with E-state index in [9.17, 15) is 14.9 Å². The van der Waals surface area contributed by atoms with Gasteiger partial charge >= 0.3 is 5.69 Å². The van der Waals surface area contributed by atoms with E-state index < -0.39 is 4.92 Å². The zero-order valence-electron chi connectivity index (χ0n) is 12.3. The van der Waals surface area contributed by atoms with E-state index in [4.69, 9.17) is 0 Å². The molecule has 1 atom stereocenters. The van der Waals surface area contributed by atoms with Crippen molar-refractivity contribution in [3.63, 3.8) is 0 Å². The molecule has 0 aromatic carbocycles. The number of nitrogens with zero attached hydrogens (tertiary/aromatic N) is 5. The van der Waals surface area contributed by atoms with Crippen LogP contribution in [-0.4, -0.2) is 30.4 Å². The topological polar surface area (TPSA) is 108 Å². The van der Waals surface area contributed by atoms with Crippen LogP contribution in [0.25, 0.3) is 0 Å². The van der Waals surface area contributed by atoms with Gasteiger partial charge in [-0.15, -0.1) is 0 Å². The first-order valence-corrected chi connectivity index (χ1v) is 6.97. The monoisotopic (exact) mass is 304 g/mol. The molecular formula is C13H16N6O3. The van der Waals surface area contributed by atoms with Gasteiger partial charge in [0, 0.05) is 25.9 Å². The van der Waals surface area contributed by atoms with Crippen molar-refractivity contribution in [2.45, 2.75) is 25.2 Å². The second-order valence-corrected chi connectivity index (χ2v) is 5.40. The van der Waals surface area contributed by atoms with Crippen molar-refractivity contribution in [1.82, 2.24) is 19.6 Å². The predicted molar refractivity (Wildman–Crippen MR) is 77.4 cm³/mol. The number of hydrogen-bond donors (Lipinski definition) is 1. The third kappa shape index (κ3) is 2.34. The van der Waals surface area contributed by atoms with Crippen LogP contribution in [0.3, 0.4) is 0 Å². The number of amides is 1. The first-order valence-electron chi connectivity index (χ1n) is 6.97. The van der Waals surface area contributed by atoms with E-state index in [1.165, 1.54) is 4.68 Å². The summed E-state index contributed by atoms with van der Waals surface area (Å²) < 4.78 is 2.99. The number of aromatic nitrogens is 4. The lowest BCUT2D eigenvalue weighted by Crippen LogP contribution is -2.25. The van der Waals surface area contributed by atoms with Crippen LogP contribution in [0.15, 0.2) is 12.4 Å². The third-order valence-corrected chi connectivity index (χ3v) is 3.89. The Bertz CT molecular complexity index is 747. The molecule has 1 aliphatic rings. The third-order valence-electron chi connectivity index (χ3n) is 3.89. The number of nitrogens with one attached hydrogen (secondary N) is 1. The van der Waals surface area contributed by atoms with Gasteiger partial charge in [0.25, 0.3) is 0 Å². The molecule has 22 heavy (non-hydrogen) atoms. The Kier molecular flexibility index (Phi) is 3.39. The number of nitro groups is 1. The fraction of sp³-hybridized carbons (Fsp3) is 0.462. The molecule has 9 nitrogen and oxygen atoms in total. The molecular weight excluding hydrogens is 288 g/mol. The maximum Gasteiger partial charge on any atom is 0.331 e. The van der Waals surface area contributed by atoms with Crippen molar-refractivity contribution in [3.05, 3.63) is 33.8 Å². The second-order valence-electron chi connectivity index (χ2n) is 5.40. The Balaban J connectivity index is 1.87. The lowest BCUT2D eigenvalue weighted by atomic mass is 9.86. The summed E-state index contributed by atoms with van der Waals surface area (Å²) in [5.41, 5.74) is 1.61. The number of carbonyl (C=O) groups is 1. The van der Waals surface area contributed by atoms with Crippen molar-refractivity contribution in [3.8, 4) is 0 Å². The van der Waals surface area contributed by atoms with E-state index in [2.05, 4.69) is 15.5 Å². The van der Waals surface area contributed by atoms with Crippen LogP contribution >= 0.6 is 0 Å². The van der Waals surface area contributed by atoms with Crippen molar-refractivity contribution in [1.29, 1.82) is 0 Å². The molecule has 0 saturated heterocycles. The molecule has 0 saturated carbocycles. The number of fused-ring (bicyclic) bond motifs is 1. The minimum Gasteiger partial charge on any atom is -0.305 e. The SMILES string of the molecule is Cn1cc2c(n1)CCCC2C(=O)Nc1c([N+](=O)[O-])cnn1C. The van der Waals surface area contributed by atoms with E-state index >= 15 is 0 Å². The maximum absolute atomic E-state index is 12.6. The highest BCUT2D eigenvalue weighted by atomic mass is 16.6. The zero-order valence-corrected chi connectivity index (χ0v) is 12.3. The Morgan fingerprint density at radius 2 is 2.27 bits per heavy atom. The summed E-state index contributed by atoms with van der Waals surface area (Å²) in [5, 5.41) is 21.8. The normalized spacial score (nSPS) is 17.1. The van der Waals surface area contributed by atoms with Crippen molar-refractivity contribution >= 4 is 17.4 Å². The van der Waals surface area contributed by atoms with E-state index in [1.54, 1.807) is 11.7 Å². The minimum atomic E-state index is -0.557. The molecule has 1 N–H and O–H groups in total. The number of anilines is 1. The van der Waals surface area contributed by atoms with Crippen molar-refractivity contribution < 1.29 is 9.72 Å². The predicted octanol–water partition coefficient (Wildman–Crippen LogP) is 1.12. The number of hydrogen-bond acceptors (Lipinski definition) is 5. The number of rotatable bonds is 3. The molecule has 1 unspecified atom stereocenters. The zero-order chi connectivity index (χ0) is 15.9. The Morgan fingerprint density at radius 3 is 3.00 bits per heavy atom. The number of carbonyl (C=O) groups excluding carboxylic acids is 1. The second kappa shape index (κ2) is 5.24. The summed E-state index contributed by atoms with van der Waals surface area (Å²) >= 11 is 0. The minimum absolute atomic E-state index is 0.103. The molecule has 0 aliphatic heterocycles. The van der Waals surface area contributed by atoms with E-state index in [-0.39, 0.29) is 23.3 Å². The van der Waals surface area contributed by atoms with Gasteiger partial charge in [-0.25, -0.2) is 4.68 Å². The first kappa shape index (κ1) is 14.2.